The maximum Gasteiger partial charge on any atom is 0.416 e. The first kappa shape index (κ1) is 20.1. The Labute approximate surface area is 156 Å². The van der Waals surface area contributed by atoms with Crippen molar-refractivity contribution in [2.45, 2.75) is 12.3 Å². The Kier molecular flexibility index (Phi) is 6.49. The fraction of sp³-hybridized carbons (Fsp3) is 0.235. The quantitative estimate of drug-likeness (QED) is 0.658. The van der Waals surface area contributed by atoms with Crippen molar-refractivity contribution in [3.05, 3.63) is 58.1 Å². The SMILES string of the molecule is COc1ccccc1[C@H](O)CNC(=O)Nc1cc(C(F)(F)F)ccc1Br. The van der Waals surface area contributed by atoms with Gasteiger partial charge in [-0.1, -0.05) is 18.2 Å². The Bertz CT molecular complexity index is 784. The van der Waals surface area contributed by atoms with Gasteiger partial charge < -0.3 is 20.5 Å². The first-order chi connectivity index (χ1) is 12.2. The first-order valence-corrected chi connectivity index (χ1v) is 8.24. The van der Waals surface area contributed by atoms with Crippen molar-refractivity contribution in [1.29, 1.82) is 0 Å². The maximum atomic E-state index is 12.8. The number of methoxy groups -OCH3 is 1. The largest absolute Gasteiger partial charge is 0.496 e. The minimum Gasteiger partial charge on any atom is -0.496 e. The minimum atomic E-state index is -4.52. The Morgan fingerprint density at radius 3 is 2.62 bits per heavy atom. The van der Waals surface area contributed by atoms with Gasteiger partial charge in [0.25, 0.3) is 0 Å². The number of aliphatic hydroxyl groups is 1. The highest BCUT2D eigenvalue weighted by molar-refractivity contribution is 9.10. The van der Waals surface area contributed by atoms with Crippen molar-refractivity contribution in [3.63, 3.8) is 0 Å². The van der Waals surface area contributed by atoms with Gasteiger partial charge in [-0.05, 0) is 40.2 Å². The second-order valence-electron chi connectivity index (χ2n) is 5.29. The van der Waals surface area contributed by atoms with Crippen LogP contribution in [-0.4, -0.2) is 24.8 Å². The normalized spacial score (nSPS) is 12.4. The number of ether oxygens (including phenoxy) is 1. The molecule has 0 aromatic heterocycles. The number of carbonyl (C=O) groups excluding carboxylic acids is 1. The van der Waals surface area contributed by atoms with Gasteiger partial charge in [0.15, 0.2) is 0 Å². The molecule has 0 heterocycles. The van der Waals surface area contributed by atoms with Gasteiger partial charge in [-0.2, -0.15) is 13.2 Å². The summed E-state index contributed by atoms with van der Waals surface area (Å²) in [5.41, 5.74) is -0.440. The molecule has 5 nitrogen and oxygen atoms in total. The van der Waals surface area contributed by atoms with Gasteiger partial charge in [-0.15, -0.1) is 0 Å². The summed E-state index contributed by atoms with van der Waals surface area (Å²) in [7, 11) is 1.46. The van der Waals surface area contributed by atoms with Crippen LogP contribution in [-0.2, 0) is 6.18 Å². The molecule has 2 amide bonds. The first-order valence-electron chi connectivity index (χ1n) is 7.45. The van der Waals surface area contributed by atoms with E-state index in [4.69, 9.17) is 4.74 Å². The molecule has 0 aliphatic heterocycles. The predicted octanol–water partition coefficient (Wildman–Crippen LogP) is 4.33. The third kappa shape index (κ3) is 5.12. The van der Waals surface area contributed by atoms with Crippen LogP contribution in [0.1, 0.15) is 17.2 Å². The Hall–Kier alpha value is -2.26. The lowest BCUT2D eigenvalue weighted by atomic mass is 10.1. The van der Waals surface area contributed by atoms with Gasteiger partial charge in [0, 0.05) is 16.6 Å². The summed E-state index contributed by atoms with van der Waals surface area (Å²) in [6.07, 6.45) is -5.56. The Morgan fingerprint density at radius 2 is 1.96 bits per heavy atom. The van der Waals surface area contributed by atoms with E-state index in [1.54, 1.807) is 24.3 Å². The van der Waals surface area contributed by atoms with E-state index in [9.17, 15) is 23.1 Å². The molecule has 9 heteroatoms. The summed E-state index contributed by atoms with van der Waals surface area (Å²) in [5.74, 6) is 0.461. The fourth-order valence-corrected chi connectivity index (χ4v) is 2.55. The molecular weight excluding hydrogens is 417 g/mol. The van der Waals surface area contributed by atoms with Crippen LogP contribution in [0.4, 0.5) is 23.7 Å². The number of para-hydroxylation sites is 1. The predicted molar refractivity (Wildman–Crippen MR) is 94.1 cm³/mol. The van der Waals surface area contributed by atoms with Crippen LogP contribution in [0.2, 0.25) is 0 Å². The molecule has 0 aliphatic rings. The van der Waals surface area contributed by atoms with Crippen molar-refractivity contribution in [2.24, 2.45) is 0 Å². The van der Waals surface area contributed by atoms with E-state index in [-0.39, 0.29) is 12.2 Å². The number of alkyl halides is 3. The molecule has 0 aliphatic carbocycles. The van der Waals surface area contributed by atoms with E-state index in [1.165, 1.54) is 13.2 Å². The lowest BCUT2D eigenvalue weighted by Crippen LogP contribution is -2.32. The third-order valence-corrected chi connectivity index (χ3v) is 4.19. The molecule has 1 atom stereocenters. The van der Waals surface area contributed by atoms with Crippen LogP contribution in [0.25, 0.3) is 0 Å². The topological polar surface area (TPSA) is 70.6 Å². The zero-order valence-electron chi connectivity index (χ0n) is 13.6. The molecule has 0 radical (unpaired) electrons. The number of anilines is 1. The van der Waals surface area contributed by atoms with Crippen LogP contribution in [0.3, 0.4) is 0 Å². The van der Waals surface area contributed by atoms with Gasteiger partial charge in [0.05, 0.1) is 24.5 Å². The number of hydrogen-bond donors (Lipinski definition) is 3. The number of amides is 2. The average Bonchev–Trinajstić information content (AvgIpc) is 2.60. The lowest BCUT2D eigenvalue weighted by molar-refractivity contribution is -0.137. The van der Waals surface area contributed by atoms with E-state index >= 15 is 0 Å². The number of aliphatic hydroxyl groups excluding tert-OH is 1. The Morgan fingerprint density at radius 1 is 1.27 bits per heavy atom. The van der Waals surface area contributed by atoms with Gasteiger partial charge in [0.1, 0.15) is 5.75 Å². The molecule has 140 valence electrons. The van der Waals surface area contributed by atoms with Crippen LogP contribution >= 0.6 is 15.9 Å². The van der Waals surface area contributed by atoms with Gasteiger partial charge in [0.2, 0.25) is 0 Å². The number of rotatable bonds is 5. The molecule has 2 aromatic rings. The van der Waals surface area contributed by atoms with Crippen LogP contribution in [0, 0.1) is 0 Å². The highest BCUT2D eigenvalue weighted by atomic mass is 79.9. The second-order valence-corrected chi connectivity index (χ2v) is 6.14. The summed E-state index contributed by atoms with van der Waals surface area (Å²) in [4.78, 5) is 11.9. The summed E-state index contributed by atoms with van der Waals surface area (Å²) in [5, 5.41) is 14.9. The van der Waals surface area contributed by atoms with E-state index in [1.807, 2.05) is 0 Å². The minimum absolute atomic E-state index is 0.0379. The molecule has 2 aromatic carbocycles. The molecule has 0 fully saturated rings. The fourth-order valence-electron chi connectivity index (χ4n) is 2.20. The zero-order chi connectivity index (χ0) is 19.3. The molecule has 0 saturated carbocycles. The Balaban J connectivity index is 2.01. The van der Waals surface area contributed by atoms with Crippen molar-refractivity contribution < 1.29 is 27.8 Å². The standard InChI is InChI=1S/C17H16BrF3N2O3/c1-26-15-5-3-2-4-11(15)14(24)9-22-16(25)23-13-8-10(17(19,20)21)6-7-12(13)18/h2-8,14,24H,9H2,1H3,(H2,22,23,25)/t14-/m1/s1. The highest BCUT2D eigenvalue weighted by Crippen LogP contribution is 2.34. The van der Waals surface area contributed by atoms with Crippen molar-refractivity contribution >= 4 is 27.6 Å². The van der Waals surface area contributed by atoms with E-state index < -0.39 is 23.9 Å². The van der Waals surface area contributed by atoms with E-state index in [0.717, 1.165) is 12.1 Å². The highest BCUT2D eigenvalue weighted by Gasteiger charge is 2.31. The molecule has 26 heavy (non-hydrogen) atoms. The van der Waals surface area contributed by atoms with Crippen molar-refractivity contribution in [2.75, 3.05) is 19.0 Å². The third-order valence-electron chi connectivity index (χ3n) is 3.50. The van der Waals surface area contributed by atoms with Crippen LogP contribution in [0.15, 0.2) is 46.9 Å². The van der Waals surface area contributed by atoms with E-state index in [2.05, 4.69) is 26.6 Å². The number of urea groups is 1. The van der Waals surface area contributed by atoms with Crippen molar-refractivity contribution in [3.8, 4) is 5.75 Å². The van der Waals surface area contributed by atoms with Crippen LogP contribution < -0.4 is 15.4 Å². The summed E-state index contributed by atoms with van der Waals surface area (Å²) < 4.78 is 43.7. The summed E-state index contributed by atoms with van der Waals surface area (Å²) in [6, 6.07) is 8.92. The zero-order valence-corrected chi connectivity index (χ0v) is 15.2. The molecule has 0 unspecified atom stereocenters. The summed E-state index contributed by atoms with van der Waals surface area (Å²) >= 11 is 3.09. The molecule has 0 saturated heterocycles. The number of benzene rings is 2. The smallest absolute Gasteiger partial charge is 0.416 e. The van der Waals surface area contributed by atoms with Crippen LogP contribution in [0.5, 0.6) is 5.75 Å². The molecule has 2 rings (SSSR count). The monoisotopic (exact) mass is 432 g/mol. The molecule has 0 spiro atoms. The second kappa shape index (κ2) is 8.41. The number of carbonyl (C=O) groups is 1. The number of halogens is 4. The van der Waals surface area contributed by atoms with Gasteiger partial charge >= 0.3 is 12.2 Å². The number of hydrogen-bond acceptors (Lipinski definition) is 3. The lowest BCUT2D eigenvalue weighted by Gasteiger charge is -2.16. The number of nitrogens with one attached hydrogen (secondary N) is 2. The van der Waals surface area contributed by atoms with Gasteiger partial charge in [-0.3, -0.25) is 0 Å². The maximum absolute atomic E-state index is 12.8. The molecule has 3 N–H and O–H groups in total. The van der Waals surface area contributed by atoms with E-state index in [0.29, 0.717) is 15.8 Å². The molecular formula is C17H16BrF3N2O3. The van der Waals surface area contributed by atoms with Crippen molar-refractivity contribution in [1.82, 2.24) is 5.32 Å². The van der Waals surface area contributed by atoms with Gasteiger partial charge in [-0.25, -0.2) is 4.79 Å². The molecule has 0 bridgehead atoms. The average molecular weight is 433 g/mol. The summed E-state index contributed by atoms with van der Waals surface area (Å²) in [6.45, 7) is -0.150.